The molecule has 5 aromatic rings. The molecule has 1 N–H and O–H groups in total. The summed E-state index contributed by atoms with van der Waals surface area (Å²) >= 11 is 11.6. The minimum absolute atomic E-state index is 0. The Morgan fingerprint density at radius 3 is 2.07 bits per heavy atom. The second kappa shape index (κ2) is 17.5. The summed E-state index contributed by atoms with van der Waals surface area (Å²) in [5.74, 6) is -1.15. The van der Waals surface area contributed by atoms with Crippen LogP contribution in [0.15, 0.2) is 65.3 Å². The van der Waals surface area contributed by atoms with Gasteiger partial charge < -0.3 is 21.1 Å². The standard InChI is InChI=1S/C11H6ClFN2O3.C11H5ClN2O3.CH2O3.2K.H/c12-6-1-2-10(16)8(3-6)9-4-7(15(17)18)5-14-11(9)13;12-6-1-2-10-8(3-6)9-4-7(14(15)16)5-13-11(9)17-10;2-1-4-3;;;/h1-5,16H;1-5H;1,3H;;;/q;;;2*+1;-1/p-1. The Kier molecular flexibility index (Phi) is 15.9. The molecule has 0 radical (unpaired) electrons. The first-order chi connectivity index (χ1) is 18.5. The molecule has 18 heteroatoms. The van der Waals surface area contributed by atoms with Crippen molar-refractivity contribution in [3.63, 3.8) is 0 Å². The van der Waals surface area contributed by atoms with Crippen LogP contribution in [0.4, 0.5) is 15.8 Å². The molecule has 0 aliphatic rings. The number of phenols is 1. The van der Waals surface area contributed by atoms with Crippen molar-refractivity contribution in [2.24, 2.45) is 0 Å². The van der Waals surface area contributed by atoms with Crippen molar-refractivity contribution < 1.29 is 143 Å². The van der Waals surface area contributed by atoms with E-state index in [0.717, 1.165) is 17.6 Å². The third-order valence-electron chi connectivity index (χ3n) is 4.81. The van der Waals surface area contributed by atoms with Crippen molar-refractivity contribution in [1.82, 2.24) is 9.97 Å². The zero-order valence-electron chi connectivity index (χ0n) is 22.0. The van der Waals surface area contributed by atoms with E-state index in [1.807, 2.05) is 0 Å². The number of hydrogen-bond donors (Lipinski definition) is 1. The summed E-state index contributed by atoms with van der Waals surface area (Å²) in [6.07, 6.45) is 1.98. The fraction of sp³-hybridized carbons (Fsp3) is 0. The van der Waals surface area contributed by atoms with E-state index < -0.39 is 15.8 Å². The molecule has 0 atom stereocenters. The molecule has 3 heterocycles. The van der Waals surface area contributed by atoms with Gasteiger partial charge in [-0.05, 0) is 36.4 Å². The van der Waals surface area contributed by atoms with Crippen LogP contribution in [0, 0.1) is 26.2 Å². The van der Waals surface area contributed by atoms with Gasteiger partial charge in [0.05, 0.1) is 15.2 Å². The summed E-state index contributed by atoms with van der Waals surface area (Å²) in [6.45, 7) is -0.181. The molecule has 0 amide bonds. The molecule has 0 fully saturated rings. The number of carbonyl (C=O) groups excluding carboxylic acids is 1. The maximum absolute atomic E-state index is 13.5. The Morgan fingerprint density at radius 1 is 0.902 bits per heavy atom. The number of aromatic nitrogens is 2. The molecule has 0 aliphatic heterocycles. The topological polar surface area (TPSA) is 195 Å². The molecule has 0 saturated heterocycles. The number of benzene rings is 2. The summed E-state index contributed by atoms with van der Waals surface area (Å²) < 4.78 is 19.0. The van der Waals surface area contributed by atoms with Gasteiger partial charge in [-0.15, -0.1) is 0 Å². The van der Waals surface area contributed by atoms with Gasteiger partial charge in [0, 0.05) is 38.7 Å². The number of nitrogens with zero attached hydrogens (tertiary/aromatic N) is 4. The fourth-order valence-electron chi connectivity index (χ4n) is 3.17. The quantitative estimate of drug-likeness (QED) is 0.0638. The minimum Gasteiger partial charge on any atom is -1.00 e. The Morgan fingerprint density at radius 2 is 1.46 bits per heavy atom. The second-order valence-corrected chi connectivity index (χ2v) is 8.06. The molecule has 2 aromatic carbocycles. The summed E-state index contributed by atoms with van der Waals surface area (Å²) in [7, 11) is 0. The maximum atomic E-state index is 13.5. The number of halogens is 3. The molecule has 5 rings (SSSR count). The van der Waals surface area contributed by atoms with Gasteiger partial charge in [-0.3, -0.25) is 25.0 Å². The number of phenolic OH excluding ortho intramolecular Hbond substituents is 1. The van der Waals surface area contributed by atoms with Crippen molar-refractivity contribution >= 4 is 63.1 Å². The number of fused-ring (bicyclic) bond motifs is 3. The van der Waals surface area contributed by atoms with Crippen LogP contribution in [0.5, 0.6) is 5.75 Å². The van der Waals surface area contributed by atoms with Crippen molar-refractivity contribution in [2.45, 2.75) is 0 Å². The number of rotatable bonds is 4. The summed E-state index contributed by atoms with van der Waals surface area (Å²) in [5.41, 5.74) is 0.414. The van der Waals surface area contributed by atoms with Gasteiger partial charge in [0.15, 0.2) is 0 Å². The van der Waals surface area contributed by atoms with E-state index in [9.17, 15) is 29.7 Å². The van der Waals surface area contributed by atoms with Crippen LogP contribution in [-0.4, -0.2) is 31.4 Å². The average Bonchev–Trinajstić information content (AvgIpc) is 3.28. The number of furan rings is 1. The molecule has 41 heavy (non-hydrogen) atoms. The Balaban J connectivity index is 0.000000669. The SMILES string of the molecule is O=CO[O-].O=[N+]([O-])c1cnc(F)c(-c2cc(Cl)ccc2O)c1.O=[N+]([O-])c1cnc2oc3ccc(Cl)cc3c2c1.[H-].[K+].[K+]. The molecule has 0 aliphatic carbocycles. The average molecular weight is 657 g/mol. The van der Waals surface area contributed by atoms with Gasteiger partial charge in [0.2, 0.25) is 11.7 Å². The maximum Gasteiger partial charge on any atom is 1.00 e. The minimum atomic E-state index is -0.918. The Bertz CT molecular complexity index is 1720. The van der Waals surface area contributed by atoms with Crippen LogP contribution >= 0.6 is 23.2 Å². The zero-order chi connectivity index (χ0) is 28.7. The van der Waals surface area contributed by atoms with Crippen LogP contribution in [0.3, 0.4) is 0 Å². The van der Waals surface area contributed by atoms with Crippen LogP contribution in [0.25, 0.3) is 33.2 Å². The van der Waals surface area contributed by atoms with Crippen molar-refractivity contribution in [2.75, 3.05) is 0 Å². The summed E-state index contributed by atoms with van der Waals surface area (Å²) in [5, 5.41) is 41.5. The predicted octanol–water partition coefficient (Wildman–Crippen LogP) is -0.747. The van der Waals surface area contributed by atoms with Gasteiger partial charge >= 0.3 is 103 Å². The molecule has 0 saturated carbocycles. The van der Waals surface area contributed by atoms with E-state index in [-0.39, 0.29) is 144 Å². The van der Waals surface area contributed by atoms with Gasteiger partial charge in [-0.25, -0.2) is 9.97 Å². The number of hydrogen-bond acceptors (Lipinski definition) is 11. The zero-order valence-corrected chi connectivity index (χ0v) is 28.7. The Hall–Kier alpha value is -1.65. The molecule has 13 nitrogen and oxygen atoms in total. The molecule has 3 aromatic heterocycles. The van der Waals surface area contributed by atoms with E-state index in [0.29, 0.717) is 21.7 Å². The smallest absolute Gasteiger partial charge is 1.00 e. The third kappa shape index (κ3) is 9.96. The van der Waals surface area contributed by atoms with Crippen molar-refractivity contribution in [1.29, 1.82) is 0 Å². The molecular formula is C23H13Cl2FK2N4O9. The number of nitro groups is 2. The molecule has 202 valence electrons. The van der Waals surface area contributed by atoms with Gasteiger partial charge in [0.1, 0.15) is 23.7 Å². The fourth-order valence-corrected chi connectivity index (χ4v) is 3.52. The number of carbonyl (C=O) groups is 1. The van der Waals surface area contributed by atoms with Gasteiger partial charge in [-0.1, -0.05) is 23.2 Å². The first kappa shape index (κ1) is 37.4. The molecule has 0 unspecified atom stereocenters. The second-order valence-electron chi connectivity index (χ2n) is 7.19. The van der Waals surface area contributed by atoms with Crippen LogP contribution in [-0.2, 0) is 9.68 Å². The van der Waals surface area contributed by atoms with E-state index in [2.05, 4.69) is 14.9 Å². The third-order valence-corrected chi connectivity index (χ3v) is 5.28. The molecular weight excluding hydrogens is 644 g/mol. The normalized spacial score (nSPS) is 9.66. The number of pyridine rings is 2. The van der Waals surface area contributed by atoms with E-state index >= 15 is 0 Å². The van der Waals surface area contributed by atoms with E-state index in [1.165, 1.54) is 30.5 Å². The Labute approximate surface area is 325 Å². The van der Waals surface area contributed by atoms with E-state index in [1.54, 1.807) is 18.2 Å². The summed E-state index contributed by atoms with van der Waals surface area (Å²) in [4.78, 5) is 38.5. The van der Waals surface area contributed by atoms with E-state index in [4.69, 9.17) is 37.7 Å². The predicted molar refractivity (Wildman–Crippen MR) is 134 cm³/mol. The van der Waals surface area contributed by atoms with Gasteiger partial charge in [0.25, 0.3) is 17.8 Å². The largest absolute Gasteiger partial charge is 1.00 e. The van der Waals surface area contributed by atoms with Gasteiger partial charge in [-0.2, -0.15) is 4.39 Å². The summed E-state index contributed by atoms with van der Waals surface area (Å²) in [6, 6.07) is 11.5. The monoisotopic (exact) mass is 656 g/mol. The van der Waals surface area contributed by atoms with Crippen LogP contribution < -0.4 is 108 Å². The molecule has 0 spiro atoms. The van der Waals surface area contributed by atoms with Crippen molar-refractivity contribution in [3.8, 4) is 16.9 Å². The van der Waals surface area contributed by atoms with Crippen LogP contribution in [0.2, 0.25) is 10.0 Å². The first-order valence-corrected chi connectivity index (χ1v) is 10.9. The van der Waals surface area contributed by atoms with Crippen LogP contribution in [0.1, 0.15) is 1.43 Å². The van der Waals surface area contributed by atoms with Crippen molar-refractivity contribution in [3.05, 3.63) is 97.1 Å². The first-order valence-electron chi connectivity index (χ1n) is 10.2. The number of aromatic hydroxyl groups is 1. The molecule has 0 bridgehead atoms.